The van der Waals surface area contributed by atoms with Gasteiger partial charge in [-0.1, -0.05) is 6.07 Å². The van der Waals surface area contributed by atoms with Crippen molar-refractivity contribution in [1.29, 1.82) is 0 Å². The number of benzene rings is 1. The second kappa shape index (κ2) is 10.2. The zero-order chi connectivity index (χ0) is 18.5. The average Bonchev–Trinajstić information content (AvgIpc) is 3.38. The molecule has 27 heavy (non-hydrogen) atoms. The molecule has 0 amide bonds. The fraction of sp³-hybridized carbons (Fsp3) is 0.474. The zero-order valence-electron chi connectivity index (χ0n) is 15.8. The highest BCUT2D eigenvalue weighted by molar-refractivity contribution is 14.0. The molecule has 0 spiro atoms. The third kappa shape index (κ3) is 6.31. The molecular formula is C19H26FIN4OS. The zero-order valence-corrected chi connectivity index (χ0v) is 18.9. The minimum Gasteiger partial charge on any atom is -0.490 e. The molecule has 1 fully saturated rings. The maximum Gasteiger partial charge on any atom is 0.191 e. The predicted octanol–water partition coefficient (Wildman–Crippen LogP) is 4.42. The summed E-state index contributed by atoms with van der Waals surface area (Å²) in [6.07, 6.45) is 2.38. The Labute approximate surface area is 180 Å². The number of rotatable bonds is 7. The van der Waals surface area contributed by atoms with Gasteiger partial charge in [-0.15, -0.1) is 35.3 Å². The van der Waals surface area contributed by atoms with Gasteiger partial charge in [-0.25, -0.2) is 9.37 Å². The van der Waals surface area contributed by atoms with Gasteiger partial charge >= 0.3 is 0 Å². The summed E-state index contributed by atoms with van der Waals surface area (Å²) in [5.74, 6) is 1.28. The number of nitrogens with one attached hydrogen (secondary N) is 2. The van der Waals surface area contributed by atoms with E-state index in [1.165, 1.54) is 23.8 Å². The number of nitrogens with zero attached hydrogens (tertiary/aromatic N) is 2. The van der Waals surface area contributed by atoms with Crippen molar-refractivity contribution < 1.29 is 9.13 Å². The van der Waals surface area contributed by atoms with E-state index < -0.39 is 0 Å². The van der Waals surface area contributed by atoms with Gasteiger partial charge in [0, 0.05) is 11.9 Å². The number of guanidine groups is 1. The van der Waals surface area contributed by atoms with E-state index in [1.54, 1.807) is 24.5 Å². The molecule has 1 aromatic heterocycles. The minimum absolute atomic E-state index is 0. The van der Waals surface area contributed by atoms with E-state index >= 15 is 0 Å². The van der Waals surface area contributed by atoms with E-state index in [1.807, 2.05) is 25.4 Å². The maximum absolute atomic E-state index is 14.3. The summed E-state index contributed by atoms with van der Waals surface area (Å²) < 4.78 is 19.8. The molecule has 0 aliphatic heterocycles. The largest absolute Gasteiger partial charge is 0.490 e. The van der Waals surface area contributed by atoms with Crippen molar-refractivity contribution >= 4 is 41.3 Å². The third-order valence-corrected chi connectivity index (χ3v) is 5.40. The van der Waals surface area contributed by atoms with E-state index in [0.29, 0.717) is 30.8 Å². The topological polar surface area (TPSA) is 58.5 Å². The minimum atomic E-state index is -0.319. The molecule has 2 aromatic rings. The molecule has 2 N–H and O–H groups in total. The van der Waals surface area contributed by atoms with Crippen LogP contribution in [0.2, 0.25) is 0 Å². The Morgan fingerprint density at radius 1 is 1.44 bits per heavy atom. The molecule has 1 unspecified atom stereocenters. The first kappa shape index (κ1) is 21.9. The molecule has 0 bridgehead atoms. The summed E-state index contributed by atoms with van der Waals surface area (Å²) in [6.45, 7) is 5.23. The van der Waals surface area contributed by atoms with Gasteiger partial charge in [0.2, 0.25) is 0 Å². The van der Waals surface area contributed by atoms with Gasteiger partial charge in [-0.3, -0.25) is 4.99 Å². The van der Waals surface area contributed by atoms with Crippen LogP contribution in [0.1, 0.15) is 41.9 Å². The lowest BCUT2D eigenvalue weighted by Gasteiger charge is -2.19. The number of halogens is 2. The Bertz CT molecular complexity index is 779. The van der Waals surface area contributed by atoms with Crippen LogP contribution in [0.25, 0.3) is 0 Å². The fourth-order valence-electron chi connectivity index (χ4n) is 2.54. The third-order valence-electron chi connectivity index (χ3n) is 4.47. The smallest absolute Gasteiger partial charge is 0.191 e. The molecule has 1 aromatic carbocycles. The molecule has 1 saturated carbocycles. The Hall–Kier alpha value is -1.42. The number of hydrogen-bond donors (Lipinski definition) is 2. The molecule has 1 aliphatic rings. The van der Waals surface area contributed by atoms with Gasteiger partial charge in [0.05, 0.1) is 30.4 Å². The van der Waals surface area contributed by atoms with E-state index in [2.05, 4.69) is 20.6 Å². The van der Waals surface area contributed by atoms with Crippen molar-refractivity contribution in [1.82, 2.24) is 15.6 Å². The normalized spacial score (nSPS) is 15.0. The highest BCUT2D eigenvalue weighted by atomic mass is 127. The van der Waals surface area contributed by atoms with Crippen molar-refractivity contribution in [2.75, 3.05) is 13.7 Å². The van der Waals surface area contributed by atoms with Crippen molar-refractivity contribution in [2.24, 2.45) is 10.9 Å². The molecule has 0 saturated heterocycles. The average molecular weight is 504 g/mol. The van der Waals surface area contributed by atoms with Crippen LogP contribution in [0.3, 0.4) is 0 Å². The maximum atomic E-state index is 14.3. The quantitative estimate of drug-likeness (QED) is 0.333. The first-order valence-electron chi connectivity index (χ1n) is 8.85. The van der Waals surface area contributed by atoms with Gasteiger partial charge in [0.15, 0.2) is 17.5 Å². The van der Waals surface area contributed by atoms with Crippen LogP contribution < -0.4 is 15.4 Å². The number of aryl methyl sites for hydroxylation is 1. The van der Waals surface area contributed by atoms with Crippen LogP contribution in [0.5, 0.6) is 5.75 Å². The van der Waals surface area contributed by atoms with Crippen molar-refractivity contribution in [2.45, 2.75) is 39.3 Å². The molecule has 1 atom stereocenters. The highest BCUT2D eigenvalue weighted by Gasteiger charge is 2.22. The van der Waals surface area contributed by atoms with Gasteiger partial charge in [0.1, 0.15) is 0 Å². The van der Waals surface area contributed by atoms with Crippen molar-refractivity contribution in [3.05, 3.63) is 45.7 Å². The summed E-state index contributed by atoms with van der Waals surface area (Å²) in [6, 6.07) is 5.04. The Morgan fingerprint density at radius 3 is 2.81 bits per heavy atom. The number of ether oxygens (including phenoxy) is 1. The van der Waals surface area contributed by atoms with Crippen molar-refractivity contribution in [3.63, 3.8) is 0 Å². The summed E-state index contributed by atoms with van der Waals surface area (Å²) >= 11 is 1.61. The predicted molar refractivity (Wildman–Crippen MR) is 119 cm³/mol. The second-order valence-electron chi connectivity index (χ2n) is 6.60. The van der Waals surface area contributed by atoms with Crippen LogP contribution in [0.15, 0.2) is 28.7 Å². The van der Waals surface area contributed by atoms with Gasteiger partial charge in [-0.05, 0) is 50.3 Å². The molecule has 148 valence electrons. The molecular weight excluding hydrogens is 478 g/mol. The second-order valence-corrected chi connectivity index (χ2v) is 7.54. The summed E-state index contributed by atoms with van der Waals surface area (Å²) in [7, 11) is 1.72. The van der Waals surface area contributed by atoms with Crippen LogP contribution in [0.4, 0.5) is 4.39 Å². The first-order chi connectivity index (χ1) is 12.6. The van der Waals surface area contributed by atoms with E-state index in [-0.39, 0.29) is 35.8 Å². The summed E-state index contributed by atoms with van der Waals surface area (Å²) in [5, 5.41) is 6.56. The molecule has 8 heteroatoms. The lowest BCUT2D eigenvalue weighted by molar-refractivity contribution is 0.285. The molecule has 1 heterocycles. The number of aromatic nitrogens is 1. The first-order valence-corrected chi connectivity index (χ1v) is 9.73. The SMILES string of the molecule is CN=C(NCc1scnc1C)NC(C)c1ccc(OCC2CC2)c(F)c1.I. The van der Waals surface area contributed by atoms with E-state index in [4.69, 9.17) is 4.74 Å². The number of aliphatic imine (C=N–C) groups is 1. The summed E-state index contributed by atoms with van der Waals surface area (Å²) in [4.78, 5) is 9.65. The van der Waals surface area contributed by atoms with E-state index in [0.717, 1.165) is 11.3 Å². The molecule has 0 radical (unpaired) electrons. The van der Waals surface area contributed by atoms with Gasteiger partial charge in [-0.2, -0.15) is 0 Å². The standard InChI is InChI=1S/C19H25FN4OS.HI/c1-12(24-19(21-3)22-9-18-13(2)23-11-26-18)15-6-7-17(16(20)8-15)25-10-14-4-5-14;/h6-8,11-12,14H,4-5,9-10H2,1-3H3,(H2,21,22,24);1H. The van der Waals surface area contributed by atoms with Crippen molar-refractivity contribution in [3.8, 4) is 5.75 Å². The van der Waals surface area contributed by atoms with Crippen LogP contribution in [-0.2, 0) is 6.54 Å². The van der Waals surface area contributed by atoms with E-state index in [9.17, 15) is 4.39 Å². The lowest BCUT2D eigenvalue weighted by Crippen LogP contribution is -2.38. The number of thiazole rings is 1. The Balaban J connectivity index is 0.00000261. The molecule has 1 aliphatic carbocycles. The van der Waals surface area contributed by atoms with Gasteiger partial charge in [0.25, 0.3) is 0 Å². The Kier molecular flexibility index (Phi) is 8.28. The number of hydrogen-bond acceptors (Lipinski definition) is 4. The van der Waals surface area contributed by atoms with Crippen LogP contribution in [-0.4, -0.2) is 24.6 Å². The molecule has 5 nitrogen and oxygen atoms in total. The summed E-state index contributed by atoms with van der Waals surface area (Å²) in [5.41, 5.74) is 3.70. The Morgan fingerprint density at radius 2 is 2.22 bits per heavy atom. The lowest BCUT2D eigenvalue weighted by atomic mass is 10.1. The monoisotopic (exact) mass is 504 g/mol. The van der Waals surface area contributed by atoms with Crippen LogP contribution >= 0.6 is 35.3 Å². The fourth-order valence-corrected chi connectivity index (χ4v) is 3.26. The van der Waals surface area contributed by atoms with Crippen LogP contribution in [0, 0.1) is 18.7 Å². The molecule has 3 rings (SSSR count). The highest BCUT2D eigenvalue weighted by Crippen LogP contribution is 2.30. The van der Waals surface area contributed by atoms with Gasteiger partial charge < -0.3 is 15.4 Å².